The van der Waals surface area contributed by atoms with Gasteiger partial charge >= 0.3 is 11.9 Å². The van der Waals surface area contributed by atoms with Gasteiger partial charge in [0.05, 0.1) is 13.0 Å². The second-order valence-electron chi connectivity index (χ2n) is 7.38. The van der Waals surface area contributed by atoms with Crippen LogP contribution in [0.3, 0.4) is 0 Å². The molecule has 0 saturated heterocycles. The highest BCUT2D eigenvalue weighted by atomic mass is 16.5. The van der Waals surface area contributed by atoms with Crippen molar-refractivity contribution in [2.24, 2.45) is 11.8 Å². The Morgan fingerprint density at radius 2 is 1.61 bits per heavy atom. The SMILES string of the molecule is CCCC[C@@H](/C=C/C(=O)OCc1ccccc1)[C@H](CC(=O)c1ccccc1)C(=O)OC. The zero-order valence-corrected chi connectivity index (χ0v) is 18.2. The molecule has 0 radical (unpaired) electrons. The van der Waals surface area contributed by atoms with Gasteiger partial charge in [-0.1, -0.05) is 86.5 Å². The lowest BCUT2D eigenvalue weighted by Gasteiger charge is -2.22. The number of hydrogen-bond donors (Lipinski definition) is 0. The smallest absolute Gasteiger partial charge is 0.330 e. The van der Waals surface area contributed by atoms with Crippen LogP contribution in [0.1, 0.15) is 48.5 Å². The summed E-state index contributed by atoms with van der Waals surface area (Å²) in [6, 6.07) is 18.3. The molecule has 31 heavy (non-hydrogen) atoms. The van der Waals surface area contributed by atoms with Gasteiger partial charge in [0.1, 0.15) is 6.61 Å². The summed E-state index contributed by atoms with van der Waals surface area (Å²) in [6.45, 7) is 2.23. The predicted molar refractivity (Wildman–Crippen MR) is 119 cm³/mol. The summed E-state index contributed by atoms with van der Waals surface area (Å²) >= 11 is 0. The Kier molecular flexibility index (Phi) is 10.2. The van der Waals surface area contributed by atoms with Gasteiger partial charge in [0.15, 0.2) is 5.78 Å². The van der Waals surface area contributed by atoms with Crippen molar-refractivity contribution in [3.8, 4) is 0 Å². The lowest BCUT2D eigenvalue weighted by atomic mass is 9.83. The van der Waals surface area contributed by atoms with Crippen LogP contribution < -0.4 is 0 Å². The molecule has 5 heteroatoms. The van der Waals surface area contributed by atoms with E-state index in [1.807, 2.05) is 36.4 Å². The number of carbonyl (C=O) groups excluding carboxylic acids is 3. The maximum absolute atomic E-state index is 12.7. The van der Waals surface area contributed by atoms with Crippen LogP contribution in [0.2, 0.25) is 0 Å². The fourth-order valence-corrected chi connectivity index (χ4v) is 3.35. The second-order valence-corrected chi connectivity index (χ2v) is 7.38. The average Bonchev–Trinajstić information content (AvgIpc) is 2.82. The van der Waals surface area contributed by atoms with Crippen molar-refractivity contribution in [1.29, 1.82) is 0 Å². The molecule has 5 nitrogen and oxygen atoms in total. The van der Waals surface area contributed by atoms with Crippen molar-refractivity contribution in [1.82, 2.24) is 0 Å². The molecule has 2 rings (SSSR count). The van der Waals surface area contributed by atoms with Crippen LogP contribution in [0.4, 0.5) is 0 Å². The van der Waals surface area contributed by atoms with Crippen molar-refractivity contribution >= 4 is 17.7 Å². The maximum atomic E-state index is 12.7. The number of benzene rings is 2. The number of allylic oxidation sites excluding steroid dienone is 1. The van der Waals surface area contributed by atoms with Crippen LogP contribution in [0.5, 0.6) is 0 Å². The second kappa shape index (κ2) is 13.2. The molecule has 0 aliphatic carbocycles. The number of ether oxygens (including phenoxy) is 2. The maximum Gasteiger partial charge on any atom is 0.330 e. The molecule has 0 amide bonds. The van der Waals surface area contributed by atoms with E-state index in [0.717, 1.165) is 18.4 Å². The average molecular weight is 423 g/mol. The number of ketones is 1. The molecule has 0 aliphatic rings. The van der Waals surface area contributed by atoms with Crippen LogP contribution in [-0.4, -0.2) is 24.8 Å². The van der Waals surface area contributed by atoms with Gasteiger partial charge in [0.2, 0.25) is 0 Å². The fraction of sp³-hybridized carbons (Fsp3) is 0.346. The number of unbranched alkanes of at least 4 members (excludes halogenated alkanes) is 1. The summed E-state index contributed by atoms with van der Waals surface area (Å²) in [4.78, 5) is 37.5. The molecule has 0 N–H and O–H groups in total. The molecular weight excluding hydrogens is 392 g/mol. The van der Waals surface area contributed by atoms with Crippen molar-refractivity contribution in [3.63, 3.8) is 0 Å². The summed E-state index contributed by atoms with van der Waals surface area (Å²) in [5.74, 6) is -2.03. The molecule has 0 unspecified atom stereocenters. The van der Waals surface area contributed by atoms with Crippen molar-refractivity contribution in [3.05, 3.63) is 83.9 Å². The zero-order valence-electron chi connectivity index (χ0n) is 18.2. The third kappa shape index (κ3) is 8.21. The largest absolute Gasteiger partial charge is 0.469 e. The first-order valence-electron chi connectivity index (χ1n) is 10.6. The van der Waals surface area contributed by atoms with Crippen LogP contribution in [0.15, 0.2) is 72.8 Å². The Bertz CT molecular complexity index is 858. The van der Waals surface area contributed by atoms with E-state index in [2.05, 4.69) is 6.92 Å². The lowest BCUT2D eigenvalue weighted by molar-refractivity contribution is -0.147. The van der Waals surface area contributed by atoms with E-state index in [9.17, 15) is 14.4 Å². The highest BCUT2D eigenvalue weighted by Gasteiger charge is 2.30. The minimum absolute atomic E-state index is 0.0223. The molecule has 0 heterocycles. The van der Waals surface area contributed by atoms with Crippen LogP contribution in [-0.2, 0) is 25.7 Å². The summed E-state index contributed by atoms with van der Waals surface area (Å²) in [5.41, 5.74) is 1.45. The third-order valence-electron chi connectivity index (χ3n) is 5.12. The Morgan fingerprint density at radius 3 is 2.23 bits per heavy atom. The monoisotopic (exact) mass is 422 g/mol. The molecule has 0 spiro atoms. The van der Waals surface area contributed by atoms with E-state index in [4.69, 9.17) is 9.47 Å². The van der Waals surface area contributed by atoms with Crippen LogP contribution in [0, 0.1) is 11.8 Å². The number of hydrogen-bond acceptors (Lipinski definition) is 5. The Hall–Kier alpha value is -3.21. The molecule has 0 bridgehead atoms. The molecule has 0 aliphatic heterocycles. The minimum atomic E-state index is -0.664. The Balaban J connectivity index is 2.10. The van der Waals surface area contributed by atoms with Crippen molar-refractivity contribution < 1.29 is 23.9 Å². The number of methoxy groups -OCH3 is 1. The highest BCUT2D eigenvalue weighted by molar-refractivity contribution is 5.98. The number of rotatable bonds is 12. The van der Waals surface area contributed by atoms with Gasteiger partial charge in [0, 0.05) is 18.1 Å². The third-order valence-corrected chi connectivity index (χ3v) is 5.12. The van der Waals surface area contributed by atoms with Gasteiger partial charge in [-0.15, -0.1) is 0 Å². The van der Waals surface area contributed by atoms with E-state index in [1.165, 1.54) is 13.2 Å². The Morgan fingerprint density at radius 1 is 0.968 bits per heavy atom. The van der Waals surface area contributed by atoms with Crippen LogP contribution in [0.25, 0.3) is 0 Å². The van der Waals surface area contributed by atoms with E-state index in [1.54, 1.807) is 30.3 Å². The minimum Gasteiger partial charge on any atom is -0.469 e. The summed E-state index contributed by atoms with van der Waals surface area (Å²) < 4.78 is 10.3. The topological polar surface area (TPSA) is 69.7 Å². The Labute approximate surface area is 184 Å². The van der Waals surface area contributed by atoms with E-state index in [-0.39, 0.29) is 24.7 Å². The first-order valence-corrected chi connectivity index (χ1v) is 10.6. The molecule has 0 saturated carbocycles. The zero-order chi connectivity index (χ0) is 22.5. The summed E-state index contributed by atoms with van der Waals surface area (Å²) in [6.07, 6.45) is 5.52. The summed E-state index contributed by atoms with van der Waals surface area (Å²) in [7, 11) is 1.32. The number of carbonyl (C=O) groups is 3. The van der Waals surface area contributed by atoms with Gasteiger partial charge in [-0.05, 0) is 17.9 Å². The lowest BCUT2D eigenvalue weighted by Crippen LogP contribution is -2.27. The first-order chi connectivity index (χ1) is 15.0. The molecule has 0 fully saturated rings. The molecule has 164 valence electrons. The number of Topliss-reactive ketones (excluding diaryl/α,β-unsaturated/α-hetero) is 1. The van der Waals surface area contributed by atoms with E-state index < -0.39 is 17.9 Å². The summed E-state index contributed by atoms with van der Waals surface area (Å²) in [5, 5.41) is 0. The van der Waals surface area contributed by atoms with Gasteiger partial charge < -0.3 is 9.47 Å². The number of esters is 2. The normalized spacial score (nSPS) is 12.8. The van der Waals surface area contributed by atoms with Crippen LogP contribution >= 0.6 is 0 Å². The fourth-order valence-electron chi connectivity index (χ4n) is 3.35. The molecule has 2 aromatic rings. The van der Waals surface area contributed by atoms with E-state index in [0.29, 0.717) is 12.0 Å². The molecule has 0 aromatic heterocycles. The standard InChI is InChI=1S/C26H30O5/c1-3-4-13-21(16-17-25(28)31-19-20-11-7-5-8-12-20)23(26(29)30-2)18-24(27)22-14-9-6-10-15-22/h5-12,14-17,21,23H,3-4,13,18-19H2,1-2H3/b17-16+/t21-,23-/m0/s1. The van der Waals surface area contributed by atoms with E-state index >= 15 is 0 Å². The molecule has 2 aromatic carbocycles. The molecule has 2 atom stereocenters. The first kappa shape index (κ1) is 24.1. The van der Waals surface area contributed by atoms with Gasteiger partial charge in [-0.25, -0.2) is 4.79 Å². The molecular formula is C26H30O5. The van der Waals surface area contributed by atoms with Crippen molar-refractivity contribution in [2.45, 2.75) is 39.2 Å². The van der Waals surface area contributed by atoms with Gasteiger partial charge in [-0.2, -0.15) is 0 Å². The predicted octanol–water partition coefficient (Wildman–Crippen LogP) is 5.15. The van der Waals surface area contributed by atoms with Gasteiger partial charge in [-0.3, -0.25) is 9.59 Å². The van der Waals surface area contributed by atoms with Crippen molar-refractivity contribution in [2.75, 3.05) is 7.11 Å². The van der Waals surface area contributed by atoms with Gasteiger partial charge in [0.25, 0.3) is 0 Å². The highest BCUT2D eigenvalue weighted by Crippen LogP contribution is 2.26. The quantitative estimate of drug-likeness (QED) is 0.269.